The third-order valence-electron chi connectivity index (χ3n) is 2.79. The highest BCUT2D eigenvalue weighted by Gasteiger charge is 2.43. The maximum Gasteiger partial charge on any atom is 0.413 e. The van der Waals surface area contributed by atoms with E-state index >= 15 is 0 Å². The summed E-state index contributed by atoms with van der Waals surface area (Å²) in [5.74, 6) is -2.01. The van der Waals surface area contributed by atoms with Crippen molar-refractivity contribution in [1.82, 2.24) is 0 Å². The number of hydrogen-bond donors (Lipinski definition) is 0. The lowest BCUT2D eigenvalue weighted by atomic mass is 9.91. The molecule has 1 aliphatic rings. The van der Waals surface area contributed by atoms with Gasteiger partial charge < -0.3 is 4.74 Å². The van der Waals surface area contributed by atoms with Crippen LogP contribution in [0.1, 0.15) is 6.42 Å². The molecule has 20 heavy (non-hydrogen) atoms. The first kappa shape index (κ1) is 14.8. The summed E-state index contributed by atoms with van der Waals surface area (Å²) in [5.41, 5.74) is -0.896. The van der Waals surface area contributed by atoms with E-state index in [4.69, 9.17) is 4.74 Å². The van der Waals surface area contributed by atoms with Gasteiger partial charge in [0.25, 0.3) is 0 Å². The van der Waals surface area contributed by atoms with Gasteiger partial charge in [-0.05, 0) is 24.6 Å². The lowest BCUT2D eigenvalue weighted by Gasteiger charge is -2.23. The highest BCUT2D eigenvalue weighted by atomic mass is 79.9. The van der Waals surface area contributed by atoms with Crippen molar-refractivity contribution in [1.29, 1.82) is 0 Å². The highest BCUT2D eigenvalue weighted by Crippen LogP contribution is 2.38. The van der Waals surface area contributed by atoms with E-state index in [1.54, 1.807) is 18.2 Å². The molecule has 0 spiro atoms. The van der Waals surface area contributed by atoms with Crippen LogP contribution in [0.4, 0.5) is 13.2 Å². The van der Waals surface area contributed by atoms with Crippen molar-refractivity contribution in [3.8, 4) is 5.75 Å². The van der Waals surface area contributed by atoms with E-state index in [1.165, 1.54) is 18.2 Å². The Kier molecular flexibility index (Phi) is 4.32. The third kappa shape index (κ3) is 3.50. The Balaban J connectivity index is 2.19. The molecule has 0 radical (unpaired) electrons. The van der Waals surface area contributed by atoms with Crippen molar-refractivity contribution >= 4 is 21.9 Å². The number of carbonyl (C=O) groups is 1. The molecule has 0 heterocycles. The molecule has 0 aromatic heterocycles. The number of halogens is 4. The minimum atomic E-state index is -4.56. The molecular formula is C14H10BrF3O2. The number of ether oxygens (including phenoxy) is 1. The van der Waals surface area contributed by atoms with Crippen LogP contribution in [-0.2, 0) is 4.79 Å². The average Bonchev–Trinajstić information content (AvgIpc) is 2.38. The number of allylic oxidation sites excluding steroid dienone is 3. The third-order valence-corrected chi connectivity index (χ3v) is 3.34. The Hall–Kier alpha value is -1.56. The van der Waals surface area contributed by atoms with Gasteiger partial charge in [0.2, 0.25) is 0 Å². The molecule has 1 unspecified atom stereocenters. The zero-order chi connectivity index (χ0) is 14.8. The maximum atomic E-state index is 12.9. The summed E-state index contributed by atoms with van der Waals surface area (Å²) in [6.07, 6.45) is -2.17. The summed E-state index contributed by atoms with van der Waals surface area (Å²) < 4.78 is 44.1. The molecule has 1 aromatic carbocycles. The predicted molar refractivity (Wildman–Crippen MR) is 71.3 cm³/mol. The van der Waals surface area contributed by atoms with Gasteiger partial charge in [-0.1, -0.05) is 40.2 Å². The number of hydrogen-bond acceptors (Lipinski definition) is 2. The SMILES string of the molecule is O=C(Oc1ccccc1)C1CC=C(Br)C=C1C(F)(F)F. The molecule has 0 saturated heterocycles. The first-order valence-electron chi connectivity index (χ1n) is 5.79. The van der Waals surface area contributed by atoms with E-state index in [0.717, 1.165) is 6.08 Å². The molecule has 1 atom stereocenters. The van der Waals surface area contributed by atoms with E-state index in [9.17, 15) is 18.0 Å². The molecule has 2 rings (SSSR count). The maximum absolute atomic E-state index is 12.9. The van der Waals surface area contributed by atoms with Crippen LogP contribution in [0.15, 0.2) is 52.5 Å². The van der Waals surface area contributed by atoms with Gasteiger partial charge in [0, 0.05) is 10.1 Å². The Morgan fingerprint density at radius 2 is 1.90 bits per heavy atom. The quantitative estimate of drug-likeness (QED) is 0.586. The minimum absolute atomic E-state index is 0.0441. The van der Waals surface area contributed by atoms with Crippen LogP contribution in [0.2, 0.25) is 0 Å². The Morgan fingerprint density at radius 3 is 2.50 bits per heavy atom. The van der Waals surface area contributed by atoms with Crippen LogP contribution in [0, 0.1) is 5.92 Å². The van der Waals surface area contributed by atoms with Crippen molar-refractivity contribution in [2.24, 2.45) is 5.92 Å². The van der Waals surface area contributed by atoms with E-state index in [2.05, 4.69) is 15.9 Å². The fourth-order valence-corrected chi connectivity index (χ4v) is 2.28. The summed E-state index contributed by atoms with van der Waals surface area (Å²) in [4.78, 5) is 11.9. The summed E-state index contributed by atoms with van der Waals surface area (Å²) in [7, 11) is 0. The molecule has 106 valence electrons. The topological polar surface area (TPSA) is 26.3 Å². The van der Waals surface area contributed by atoms with Gasteiger partial charge in [-0.15, -0.1) is 0 Å². The van der Waals surface area contributed by atoms with Crippen molar-refractivity contribution in [3.63, 3.8) is 0 Å². The van der Waals surface area contributed by atoms with Crippen LogP contribution < -0.4 is 4.74 Å². The van der Waals surface area contributed by atoms with Crippen molar-refractivity contribution in [3.05, 3.63) is 52.5 Å². The zero-order valence-electron chi connectivity index (χ0n) is 10.2. The van der Waals surface area contributed by atoms with Crippen molar-refractivity contribution < 1.29 is 22.7 Å². The summed E-state index contributed by atoms with van der Waals surface area (Å²) in [5, 5.41) is 0. The first-order valence-corrected chi connectivity index (χ1v) is 6.58. The van der Waals surface area contributed by atoms with Gasteiger partial charge in [-0.3, -0.25) is 4.79 Å². The molecule has 2 nitrogen and oxygen atoms in total. The number of alkyl halides is 3. The van der Waals surface area contributed by atoms with Crippen molar-refractivity contribution in [2.45, 2.75) is 12.6 Å². The smallest absolute Gasteiger partial charge is 0.413 e. The molecule has 0 fully saturated rings. The van der Waals surface area contributed by atoms with Crippen LogP contribution in [-0.4, -0.2) is 12.1 Å². The van der Waals surface area contributed by atoms with Crippen LogP contribution in [0.25, 0.3) is 0 Å². The fourth-order valence-electron chi connectivity index (χ4n) is 1.84. The second kappa shape index (κ2) is 5.83. The lowest BCUT2D eigenvalue weighted by Crippen LogP contribution is -2.30. The number of esters is 1. The minimum Gasteiger partial charge on any atom is -0.426 e. The summed E-state index contributed by atoms with van der Waals surface area (Å²) >= 11 is 3.00. The van der Waals surface area contributed by atoms with E-state index in [1.807, 2.05) is 0 Å². The number of para-hydroxylation sites is 1. The molecule has 1 aromatic rings. The number of carbonyl (C=O) groups excluding carboxylic acids is 1. The lowest BCUT2D eigenvalue weighted by molar-refractivity contribution is -0.143. The van der Waals surface area contributed by atoms with Gasteiger partial charge in [-0.25, -0.2) is 0 Å². The molecule has 1 aliphatic carbocycles. The van der Waals surface area contributed by atoms with E-state index in [0.29, 0.717) is 4.48 Å². The Bertz CT molecular complexity index is 562. The predicted octanol–water partition coefficient (Wildman–Crippen LogP) is 4.38. The monoisotopic (exact) mass is 346 g/mol. The second-order valence-corrected chi connectivity index (χ2v) is 5.12. The Morgan fingerprint density at radius 1 is 1.25 bits per heavy atom. The number of rotatable bonds is 2. The molecule has 0 aliphatic heterocycles. The highest BCUT2D eigenvalue weighted by molar-refractivity contribution is 9.11. The molecule has 0 saturated carbocycles. The summed E-state index contributed by atoms with van der Waals surface area (Å²) in [6.45, 7) is 0. The van der Waals surface area contributed by atoms with Gasteiger partial charge in [0.15, 0.2) is 0 Å². The average molecular weight is 347 g/mol. The second-order valence-electron chi connectivity index (χ2n) is 4.21. The zero-order valence-corrected chi connectivity index (χ0v) is 11.7. The van der Waals surface area contributed by atoms with E-state index in [-0.39, 0.29) is 12.2 Å². The van der Waals surface area contributed by atoms with Gasteiger partial charge in [-0.2, -0.15) is 13.2 Å². The Labute approximate surface area is 122 Å². The molecule has 0 bridgehead atoms. The standard InChI is InChI=1S/C14H10BrF3O2/c15-9-6-7-11(12(8-9)14(16,17)18)13(19)20-10-4-2-1-3-5-10/h1-6,8,11H,7H2. The largest absolute Gasteiger partial charge is 0.426 e. The van der Waals surface area contributed by atoms with Crippen LogP contribution >= 0.6 is 15.9 Å². The molecular weight excluding hydrogens is 337 g/mol. The summed E-state index contributed by atoms with van der Waals surface area (Å²) in [6, 6.07) is 8.03. The van der Waals surface area contributed by atoms with Crippen LogP contribution in [0.3, 0.4) is 0 Å². The molecule has 0 amide bonds. The molecule has 0 N–H and O–H groups in total. The van der Waals surface area contributed by atoms with Crippen molar-refractivity contribution in [2.75, 3.05) is 0 Å². The molecule has 6 heteroatoms. The van der Waals surface area contributed by atoms with Crippen LogP contribution in [0.5, 0.6) is 5.75 Å². The normalized spacial score (nSPS) is 19.1. The first-order chi connectivity index (χ1) is 9.38. The fraction of sp³-hybridized carbons (Fsp3) is 0.214. The van der Waals surface area contributed by atoms with E-state index < -0.39 is 23.6 Å². The van der Waals surface area contributed by atoms with Gasteiger partial charge in [0.1, 0.15) is 5.75 Å². The van der Waals surface area contributed by atoms with Gasteiger partial charge >= 0.3 is 12.1 Å². The number of benzene rings is 1. The van der Waals surface area contributed by atoms with Gasteiger partial charge in [0.05, 0.1) is 5.92 Å².